The molecule has 0 atom stereocenters. The average Bonchev–Trinajstić information content (AvgIpc) is 3.11. The summed E-state index contributed by atoms with van der Waals surface area (Å²) in [5.74, 6) is 3.54. The van der Waals surface area contributed by atoms with E-state index in [2.05, 4.69) is 77.9 Å². The molecule has 0 aliphatic rings. The summed E-state index contributed by atoms with van der Waals surface area (Å²) in [6.45, 7) is 13.9. The number of rotatable bonds is 24. The Labute approximate surface area is 293 Å². The van der Waals surface area contributed by atoms with Crippen molar-refractivity contribution in [1.82, 2.24) is 0 Å². The molecule has 0 N–H and O–H groups in total. The first-order chi connectivity index (χ1) is 22.3. The van der Waals surface area contributed by atoms with Crippen LogP contribution in [0, 0.1) is 0 Å². The van der Waals surface area contributed by atoms with E-state index in [4.69, 9.17) is 18.9 Å². The zero-order chi connectivity index (χ0) is 34.3. The molecule has 46 heavy (non-hydrogen) atoms. The van der Waals surface area contributed by atoms with Crippen LogP contribution in [0.2, 0.25) is 26.6 Å². The van der Waals surface area contributed by atoms with Gasteiger partial charge in [0.15, 0.2) is 0 Å². The van der Waals surface area contributed by atoms with E-state index in [-0.39, 0.29) is 0 Å². The van der Waals surface area contributed by atoms with Crippen LogP contribution in [0.5, 0.6) is 23.0 Å². The SMILES string of the molecule is CCC[CH2][Sn]([CH2]CCC)([CH2]CCC)[c]1ccc(OC)c(OC)c1.CCC[CH2][Sn]([CH2]CCC)([CH2]CCC)[c]1ccc(OC)c(OC)c1. The van der Waals surface area contributed by atoms with Crippen LogP contribution in [-0.2, 0) is 0 Å². The van der Waals surface area contributed by atoms with Gasteiger partial charge in [-0.1, -0.05) is 0 Å². The fourth-order valence-corrected chi connectivity index (χ4v) is 38.9. The molecule has 0 spiro atoms. The van der Waals surface area contributed by atoms with Gasteiger partial charge in [-0.2, -0.15) is 0 Å². The second-order valence-electron chi connectivity index (χ2n) is 13.3. The van der Waals surface area contributed by atoms with Gasteiger partial charge in [0.1, 0.15) is 0 Å². The van der Waals surface area contributed by atoms with Crippen LogP contribution in [-0.4, -0.2) is 65.2 Å². The zero-order valence-corrected chi connectivity index (χ0v) is 37.5. The van der Waals surface area contributed by atoms with Gasteiger partial charge in [-0.25, -0.2) is 0 Å². The molecule has 0 bridgehead atoms. The van der Waals surface area contributed by atoms with Gasteiger partial charge in [0.2, 0.25) is 0 Å². The molecular formula is C40H72O4Sn2. The molecule has 0 saturated carbocycles. The first-order valence-corrected chi connectivity index (χ1v) is 33.8. The number of hydrogen-bond donors (Lipinski definition) is 0. The molecule has 0 radical (unpaired) electrons. The van der Waals surface area contributed by atoms with Crippen molar-refractivity contribution in [3.8, 4) is 23.0 Å². The van der Waals surface area contributed by atoms with Gasteiger partial charge in [-0.3, -0.25) is 0 Å². The Bertz CT molecular complexity index is 930. The third kappa shape index (κ3) is 13.6. The topological polar surface area (TPSA) is 36.9 Å². The van der Waals surface area contributed by atoms with Gasteiger partial charge in [0, 0.05) is 0 Å². The molecular weight excluding hydrogens is 782 g/mol. The van der Waals surface area contributed by atoms with Gasteiger partial charge in [-0.05, 0) is 0 Å². The molecule has 2 rings (SSSR count). The van der Waals surface area contributed by atoms with Crippen LogP contribution in [0.15, 0.2) is 36.4 Å². The first-order valence-electron chi connectivity index (χ1n) is 18.8. The third-order valence-corrected chi connectivity index (χ3v) is 41.3. The fourth-order valence-electron chi connectivity index (χ4n) is 7.04. The maximum atomic E-state index is 5.59. The number of methoxy groups -OCH3 is 4. The molecule has 6 heteroatoms. The number of unbranched alkanes of at least 4 members (excludes halogenated alkanes) is 6. The van der Waals surface area contributed by atoms with Gasteiger partial charge < -0.3 is 0 Å². The Hall–Kier alpha value is -0.763. The molecule has 264 valence electrons. The van der Waals surface area contributed by atoms with E-state index < -0.39 is 36.8 Å². The molecule has 0 amide bonds. The second kappa shape index (κ2) is 25.2. The quantitative estimate of drug-likeness (QED) is 0.0986. The van der Waals surface area contributed by atoms with Crippen molar-refractivity contribution < 1.29 is 18.9 Å². The van der Waals surface area contributed by atoms with E-state index in [1.165, 1.54) is 104 Å². The second-order valence-corrected chi connectivity index (χ2v) is 39.8. The summed E-state index contributed by atoms with van der Waals surface area (Å²) in [5, 5.41) is 0. The van der Waals surface area contributed by atoms with Gasteiger partial charge in [0.05, 0.1) is 0 Å². The standard InChI is InChI=1S/2C8H9O2.6C4H9.2Sn/c2*1-9-7-5-3-4-6-8(7)10-2;6*1-3-4-2;;/h2*3,5-6H,1-2H3;6*1,3-4H2,2H3;;. The van der Waals surface area contributed by atoms with E-state index in [9.17, 15) is 0 Å². The summed E-state index contributed by atoms with van der Waals surface area (Å²) in [6.07, 6.45) is 16.2. The molecule has 2 aromatic rings. The van der Waals surface area contributed by atoms with Crippen molar-refractivity contribution in [3.63, 3.8) is 0 Å². The van der Waals surface area contributed by atoms with Crippen molar-refractivity contribution in [3.05, 3.63) is 36.4 Å². The monoisotopic (exact) mass is 856 g/mol. The summed E-state index contributed by atoms with van der Waals surface area (Å²) < 4.78 is 34.3. The molecule has 0 aliphatic carbocycles. The first kappa shape index (κ1) is 43.3. The van der Waals surface area contributed by atoms with Gasteiger partial charge in [0.25, 0.3) is 0 Å². The van der Waals surface area contributed by atoms with E-state index in [0.717, 1.165) is 23.0 Å². The molecule has 0 unspecified atom stereocenters. The Balaban J connectivity index is 0.000000460. The van der Waals surface area contributed by atoms with Crippen LogP contribution < -0.4 is 26.1 Å². The molecule has 0 fully saturated rings. The summed E-state index contributed by atoms with van der Waals surface area (Å²) in [4.78, 5) is 0. The summed E-state index contributed by atoms with van der Waals surface area (Å²) in [6, 6.07) is 13.6. The average molecular weight is 854 g/mol. The van der Waals surface area contributed by atoms with Crippen LogP contribution in [0.1, 0.15) is 119 Å². The predicted molar refractivity (Wildman–Crippen MR) is 208 cm³/mol. The zero-order valence-electron chi connectivity index (χ0n) is 31.8. The third-order valence-electron chi connectivity index (χ3n) is 10.0. The number of hydrogen-bond acceptors (Lipinski definition) is 4. The van der Waals surface area contributed by atoms with Crippen molar-refractivity contribution in [1.29, 1.82) is 0 Å². The van der Waals surface area contributed by atoms with Crippen LogP contribution in [0.25, 0.3) is 0 Å². The van der Waals surface area contributed by atoms with Crippen molar-refractivity contribution >= 4 is 43.9 Å². The van der Waals surface area contributed by atoms with E-state index in [1.54, 1.807) is 35.6 Å². The minimum atomic E-state index is -2.35. The molecule has 0 saturated heterocycles. The van der Waals surface area contributed by atoms with E-state index >= 15 is 0 Å². The molecule has 4 nitrogen and oxygen atoms in total. The normalized spacial score (nSPS) is 11.5. The summed E-state index contributed by atoms with van der Waals surface area (Å²) >= 11 is -4.70. The summed E-state index contributed by atoms with van der Waals surface area (Å²) in [7, 11) is 6.95. The molecule has 0 heterocycles. The van der Waals surface area contributed by atoms with Crippen molar-refractivity contribution in [2.75, 3.05) is 28.4 Å². The Morgan fingerprint density at radius 3 is 0.804 bits per heavy atom. The fraction of sp³-hybridized carbons (Fsp3) is 0.700. The van der Waals surface area contributed by atoms with Crippen LogP contribution >= 0.6 is 0 Å². The summed E-state index contributed by atoms with van der Waals surface area (Å²) in [5.41, 5.74) is 0. The van der Waals surface area contributed by atoms with Gasteiger partial charge in [-0.15, -0.1) is 0 Å². The Morgan fingerprint density at radius 2 is 0.609 bits per heavy atom. The predicted octanol–water partition coefficient (Wildman–Crippen LogP) is 11.5. The Morgan fingerprint density at radius 1 is 0.370 bits per heavy atom. The van der Waals surface area contributed by atoms with Gasteiger partial charge >= 0.3 is 296 Å². The van der Waals surface area contributed by atoms with Crippen LogP contribution in [0.3, 0.4) is 0 Å². The van der Waals surface area contributed by atoms with Crippen molar-refractivity contribution in [2.45, 2.75) is 145 Å². The van der Waals surface area contributed by atoms with E-state index in [0.29, 0.717) is 0 Å². The minimum absolute atomic E-state index is 0.859. The number of benzene rings is 2. The van der Waals surface area contributed by atoms with Crippen molar-refractivity contribution in [2.24, 2.45) is 0 Å². The molecule has 0 aliphatic heterocycles. The maximum absolute atomic E-state index is 5.59. The van der Waals surface area contributed by atoms with E-state index in [1.807, 2.05) is 0 Å². The molecule has 2 aromatic carbocycles. The Kier molecular flexibility index (Phi) is 23.7. The van der Waals surface area contributed by atoms with Crippen LogP contribution in [0.4, 0.5) is 0 Å². The number of ether oxygens (including phenoxy) is 4. The molecule has 0 aromatic heterocycles.